The number of nitrogens with zero attached hydrogens (tertiary/aromatic N) is 1. The highest BCUT2D eigenvalue weighted by Gasteiger charge is 2.51. The van der Waals surface area contributed by atoms with Crippen molar-refractivity contribution >= 4 is 6.72 Å². The summed E-state index contributed by atoms with van der Waals surface area (Å²) in [5, 5.41) is 0. The van der Waals surface area contributed by atoms with E-state index in [1.807, 2.05) is 6.92 Å². The van der Waals surface area contributed by atoms with Crippen LogP contribution in [0.15, 0.2) is 29.3 Å². The molecule has 1 rings (SSSR count). The molecule has 0 amide bonds. The summed E-state index contributed by atoms with van der Waals surface area (Å²) in [6.07, 6.45) is -3.63. The molecule has 0 saturated heterocycles. The van der Waals surface area contributed by atoms with Gasteiger partial charge in [0.15, 0.2) is 5.54 Å². The molecule has 1 atom stereocenters. The van der Waals surface area contributed by atoms with Gasteiger partial charge in [-0.25, -0.2) is 0 Å². The Bertz CT molecular complexity index is 367. The quantitative estimate of drug-likeness (QED) is 0.700. The number of aryl methyl sites for hydroxylation is 1. The number of benzene rings is 1. The van der Waals surface area contributed by atoms with E-state index in [1.54, 1.807) is 12.1 Å². The van der Waals surface area contributed by atoms with E-state index in [1.165, 1.54) is 12.1 Å². The lowest BCUT2D eigenvalue weighted by molar-refractivity contribution is -0.182. The Morgan fingerprint density at radius 2 is 1.69 bits per heavy atom. The van der Waals surface area contributed by atoms with Gasteiger partial charge in [-0.1, -0.05) is 31.2 Å². The van der Waals surface area contributed by atoms with Crippen LogP contribution in [0.2, 0.25) is 0 Å². The van der Waals surface area contributed by atoms with E-state index in [4.69, 9.17) is 0 Å². The monoisotopic (exact) mass is 229 g/mol. The van der Waals surface area contributed by atoms with Gasteiger partial charge in [0.25, 0.3) is 0 Å². The van der Waals surface area contributed by atoms with Crippen molar-refractivity contribution in [2.75, 3.05) is 0 Å². The van der Waals surface area contributed by atoms with Crippen LogP contribution in [-0.4, -0.2) is 12.9 Å². The molecular formula is C12H14F3N. The minimum Gasteiger partial charge on any atom is -0.280 e. The molecule has 0 fully saturated rings. The van der Waals surface area contributed by atoms with E-state index in [0.29, 0.717) is 0 Å². The van der Waals surface area contributed by atoms with Crippen LogP contribution < -0.4 is 0 Å². The Balaban J connectivity index is 3.18. The third kappa shape index (κ3) is 2.10. The highest BCUT2D eigenvalue weighted by Crippen LogP contribution is 2.41. The summed E-state index contributed by atoms with van der Waals surface area (Å²) >= 11 is 0. The predicted octanol–water partition coefficient (Wildman–Crippen LogP) is 3.73. The molecular weight excluding hydrogens is 215 g/mol. The molecule has 0 bridgehead atoms. The van der Waals surface area contributed by atoms with Gasteiger partial charge < -0.3 is 0 Å². The van der Waals surface area contributed by atoms with Crippen molar-refractivity contribution < 1.29 is 13.2 Å². The maximum atomic E-state index is 12.8. The second kappa shape index (κ2) is 4.28. The molecule has 4 heteroatoms. The lowest BCUT2D eigenvalue weighted by Gasteiger charge is -2.28. The van der Waals surface area contributed by atoms with Gasteiger partial charge in [0.05, 0.1) is 0 Å². The Kier molecular flexibility index (Phi) is 3.41. The van der Waals surface area contributed by atoms with Crippen molar-refractivity contribution in [1.82, 2.24) is 0 Å². The van der Waals surface area contributed by atoms with Gasteiger partial charge in [0.1, 0.15) is 0 Å². The van der Waals surface area contributed by atoms with E-state index in [2.05, 4.69) is 11.7 Å². The molecule has 0 aromatic heterocycles. The fourth-order valence-corrected chi connectivity index (χ4v) is 1.41. The molecule has 0 heterocycles. The number of hydrogen-bond donors (Lipinski definition) is 0. The molecule has 0 aliphatic rings. The summed E-state index contributed by atoms with van der Waals surface area (Å²) in [5.74, 6) is 0. The molecule has 1 nitrogen and oxygen atoms in total. The van der Waals surface area contributed by atoms with Gasteiger partial charge >= 0.3 is 6.18 Å². The van der Waals surface area contributed by atoms with Gasteiger partial charge in [-0.3, -0.25) is 4.99 Å². The van der Waals surface area contributed by atoms with Gasteiger partial charge in [-0.2, -0.15) is 13.2 Å². The number of alkyl halides is 3. The summed E-state index contributed by atoms with van der Waals surface area (Å²) < 4.78 is 38.5. The van der Waals surface area contributed by atoms with Gasteiger partial charge in [-0.15, -0.1) is 0 Å². The van der Waals surface area contributed by atoms with Gasteiger partial charge in [0.2, 0.25) is 0 Å². The lowest BCUT2D eigenvalue weighted by atomic mass is 9.91. The molecule has 0 saturated carbocycles. The average Bonchev–Trinajstić information content (AvgIpc) is 2.26. The Morgan fingerprint density at radius 3 is 2.00 bits per heavy atom. The summed E-state index contributed by atoms with van der Waals surface area (Å²) in [6.45, 7) is 6.03. The third-order valence-electron chi connectivity index (χ3n) is 2.79. The first-order valence-electron chi connectivity index (χ1n) is 4.99. The second-order valence-electron chi connectivity index (χ2n) is 3.78. The molecule has 1 aromatic rings. The summed E-state index contributed by atoms with van der Waals surface area (Å²) in [7, 11) is 0. The highest BCUT2D eigenvalue weighted by molar-refractivity contribution is 5.35. The van der Waals surface area contributed by atoms with E-state index in [9.17, 15) is 13.2 Å². The SMILES string of the molecule is C=NC(C)(c1ccc(CC)cc1)C(F)(F)F. The summed E-state index contributed by atoms with van der Waals surface area (Å²) in [6, 6.07) is 6.29. The highest BCUT2D eigenvalue weighted by atomic mass is 19.4. The van der Waals surface area contributed by atoms with Crippen LogP contribution in [0, 0.1) is 0 Å². The van der Waals surface area contributed by atoms with Crippen LogP contribution in [-0.2, 0) is 12.0 Å². The van der Waals surface area contributed by atoms with Crippen LogP contribution in [0.1, 0.15) is 25.0 Å². The van der Waals surface area contributed by atoms with Crippen LogP contribution in [0.3, 0.4) is 0 Å². The lowest BCUT2D eigenvalue weighted by Crippen LogP contribution is -2.37. The first kappa shape index (κ1) is 12.7. The Morgan fingerprint density at radius 1 is 1.19 bits per heavy atom. The molecule has 1 unspecified atom stereocenters. The van der Waals surface area contributed by atoms with Crippen molar-refractivity contribution in [3.8, 4) is 0 Å². The maximum absolute atomic E-state index is 12.8. The zero-order valence-electron chi connectivity index (χ0n) is 9.30. The molecule has 0 spiro atoms. The number of rotatable bonds is 3. The fourth-order valence-electron chi connectivity index (χ4n) is 1.41. The van der Waals surface area contributed by atoms with Crippen LogP contribution in [0.5, 0.6) is 0 Å². The summed E-state index contributed by atoms with van der Waals surface area (Å²) in [4.78, 5) is 3.24. The van der Waals surface area contributed by atoms with Crippen LogP contribution >= 0.6 is 0 Å². The summed E-state index contributed by atoms with van der Waals surface area (Å²) in [5.41, 5.74) is -1.11. The Labute approximate surface area is 93.0 Å². The van der Waals surface area contributed by atoms with E-state index in [0.717, 1.165) is 18.9 Å². The first-order valence-corrected chi connectivity index (χ1v) is 4.99. The molecule has 0 aliphatic heterocycles. The standard InChI is InChI=1S/C12H14F3N/c1-4-9-5-7-10(8-6-9)11(2,16-3)12(13,14)15/h5-8H,3-4H2,1-2H3. The zero-order valence-corrected chi connectivity index (χ0v) is 9.30. The zero-order chi connectivity index (χ0) is 12.4. The van der Waals surface area contributed by atoms with Crippen LogP contribution in [0.4, 0.5) is 13.2 Å². The van der Waals surface area contributed by atoms with Crippen molar-refractivity contribution in [3.05, 3.63) is 35.4 Å². The fraction of sp³-hybridized carbons (Fsp3) is 0.417. The molecule has 0 aliphatic carbocycles. The van der Waals surface area contributed by atoms with E-state index in [-0.39, 0.29) is 5.56 Å². The van der Waals surface area contributed by atoms with Crippen molar-refractivity contribution in [3.63, 3.8) is 0 Å². The molecule has 88 valence electrons. The average molecular weight is 229 g/mol. The van der Waals surface area contributed by atoms with Crippen molar-refractivity contribution in [1.29, 1.82) is 0 Å². The van der Waals surface area contributed by atoms with Crippen LogP contribution in [0.25, 0.3) is 0 Å². The van der Waals surface area contributed by atoms with Gasteiger partial charge in [0, 0.05) is 0 Å². The van der Waals surface area contributed by atoms with E-state index >= 15 is 0 Å². The van der Waals surface area contributed by atoms with Crippen molar-refractivity contribution in [2.24, 2.45) is 4.99 Å². The smallest absolute Gasteiger partial charge is 0.280 e. The van der Waals surface area contributed by atoms with E-state index < -0.39 is 11.7 Å². The number of hydrogen-bond acceptors (Lipinski definition) is 1. The minimum atomic E-state index is -4.43. The minimum absolute atomic E-state index is 0.118. The number of aliphatic imine (C=N–C) groups is 1. The third-order valence-corrected chi connectivity index (χ3v) is 2.79. The molecule has 0 radical (unpaired) electrons. The normalized spacial score (nSPS) is 15.6. The van der Waals surface area contributed by atoms with Crippen molar-refractivity contribution in [2.45, 2.75) is 32.0 Å². The molecule has 16 heavy (non-hydrogen) atoms. The predicted molar refractivity (Wildman–Crippen MR) is 58.8 cm³/mol. The number of halogens is 3. The first-order chi connectivity index (χ1) is 7.35. The largest absolute Gasteiger partial charge is 0.417 e. The Hall–Kier alpha value is -1.32. The van der Waals surface area contributed by atoms with Gasteiger partial charge in [-0.05, 0) is 31.2 Å². The maximum Gasteiger partial charge on any atom is 0.417 e. The topological polar surface area (TPSA) is 12.4 Å². The molecule has 0 N–H and O–H groups in total. The molecule has 1 aromatic carbocycles. The second-order valence-corrected chi connectivity index (χ2v) is 3.78.